The summed E-state index contributed by atoms with van der Waals surface area (Å²) in [7, 11) is 0. The lowest BCUT2D eigenvalue weighted by Gasteiger charge is -2.42. The molecule has 0 radical (unpaired) electrons. The summed E-state index contributed by atoms with van der Waals surface area (Å²) in [5.41, 5.74) is 4.41. The number of rotatable bonds is 4. The Labute approximate surface area is 108 Å². The number of likely N-dealkylation sites (tertiary alicyclic amines) is 1. The van der Waals surface area contributed by atoms with Crippen molar-refractivity contribution in [3.05, 3.63) is 0 Å². The van der Waals surface area contributed by atoms with Crippen molar-refractivity contribution in [2.75, 3.05) is 6.54 Å². The van der Waals surface area contributed by atoms with Gasteiger partial charge in [-0.25, -0.2) is 4.79 Å². The highest BCUT2D eigenvalue weighted by molar-refractivity contribution is 5.87. The van der Waals surface area contributed by atoms with Gasteiger partial charge in [-0.1, -0.05) is 0 Å². The molecular formula is C13H24N2O3. The Hall–Kier alpha value is -1.10. The van der Waals surface area contributed by atoms with E-state index in [1.54, 1.807) is 6.92 Å². The normalized spacial score (nSPS) is 25.0. The van der Waals surface area contributed by atoms with Gasteiger partial charge in [0.15, 0.2) is 0 Å². The largest absolute Gasteiger partial charge is 0.480 e. The van der Waals surface area contributed by atoms with Crippen LogP contribution in [0.5, 0.6) is 0 Å². The van der Waals surface area contributed by atoms with Crippen LogP contribution in [0.4, 0.5) is 0 Å². The lowest BCUT2D eigenvalue weighted by Crippen LogP contribution is -2.57. The zero-order valence-electron chi connectivity index (χ0n) is 11.5. The predicted octanol–water partition coefficient (Wildman–Crippen LogP) is 1.36. The second-order valence-corrected chi connectivity index (χ2v) is 6.07. The fourth-order valence-corrected chi connectivity index (χ4v) is 2.31. The first-order chi connectivity index (χ1) is 8.17. The molecule has 0 bridgehead atoms. The fourth-order valence-electron chi connectivity index (χ4n) is 2.31. The molecule has 1 heterocycles. The molecule has 1 aliphatic heterocycles. The summed E-state index contributed by atoms with van der Waals surface area (Å²) in [5, 5.41) is 9.33. The number of hydrogen-bond acceptors (Lipinski definition) is 3. The van der Waals surface area contributed by atoms with E-state index in [2.05, 4.69) is 0 Å². The molecule has 3 N–H and O–H groups in total. The molecule has 1 fully saturated rings. The number of amides is 1. The molecule has 0 aromatic heterocycles. The van der Waals surface area contributed by atoms with Crippen LogP contribution in [0.15, 0.2) is 0 Å². The Morgan fingerprint density at radius 3 is 2.50 bits per heavy atom. The van der Waals surface area contributed by atoms with E-state index in [1.807, 2.05) is 13.8 Å². The highest BCUT2D eigenvalue weighted by Crippen LogP contribution is 2.29. The molecule has 1 aliphatic rings. The third kappa shape index (κ3) is 3.45. The first kappa shape index (κ1) is 15.0. The Morgan fingerprint density at radius 2 is 2.00 bits per heavy atom. The molecule has 1 saturated heterocycles. The van der Waals surface area contributed by atoms with Gasteiger partial charge in [-0.15, -0.1) is 0 Å². The Bertz CT molecular complexity index is 336. The van der Waals surface area contributed by atoms with Crippen LogP contribution in [-0.4, -0.2) is 39.5 Å². The van der Waals surface area contributed by atoms with Gasteiger partial charge in [0.1, 0.15) is 5.54 Å². The molecule has 1 atom stereocenters. The number of carbonyl (C=O) groups is 2. The maximum absolute atomic E-state index is 12.2. The molecule has 1 rings (SSSR count). The number of nitrogens with two attached hydrogens (primary N) is 1. The Balaban J connectivity index is 2.72. The number of nitrogens with zero attached hydrogens (tertiary/aromatic N) is 1. The molecule has 0 saturated carbocycles. The molecule has 0 aliphatic carbocycles. The van der Waals surface area contributed by atoms with Crippen molar-refractivity contribution in [2.45, 2.75) is 64.0 Å². The van der Waals surface area contributed by atoms with Gasteiger partial charge in [-0.05, 0) is 46.5 Å². The SMILES string of the molecule is CC(C)(N)CCC(=O)N1CCCCC1(C)C(=O)O. The van der Waals surface area contributed by atoms with E-state index in [9.17, 15) is 14.7 Å². The minimum Gasteiger partial charge on any atom is -0.480 e. The molecular weight excluding hydrogens is 232 g/mol. The lowest BCUT2D eigenvalue weighted by atomic mass is 9.87. The monoisotopic (exact) mass is 256 g/mol. The first-order valence-electron chi connectivity index (χ1n) is 6.49. The summed E-state index contributed by atoms with van der Waals surface area (Å²) in [6.07, 6.45) is 3.14. The van der Waals surface area contributed by atoms with Crippen molar-refractivity contribution in [1.82, 2.24) is 4.90 Å². The number of aliphatic carboxylic acids is 1. The number of piperidine rings is 1. The van der Waals surface area contributed by atoms with Crippen LogP contribution in [0.2, 0.25) is 0 Å². The van der Waals surface area contributed by atoms with Crippen LogP contribution in [0.3, 0.4) is 0 Å². The lowest BCUT2D eigenvalue weighted by molar-refractivity contribution is -0.161. The highest BCUT2D eigenvalue weighted by Gasteiger charge is 2.43. The van der Waals surface area contributed by atoms with Crippen molar-refractivity contribution in [3.8, 4) is 0 Å². The van der Waals surface area contributed by atoms with E-state index in [4.69, 9.17) is 5.73 Å². The third-order valence-electron chi connectivity index (χ3n) is 3.64. The van der Waals surface area contributed by atoms with Gasteiger partial charge in [0.25, 0.3) is 0 Å². The standard InChI is InChI=1S/C13H24N2O3/c1-12(2,14)8-6-10(16)15-9-5-4-7-13(15,3)11(17)18/h4-9,14H2,1-3H3,(H,17,18). The van der Waals surface area contributed by atoms with Crippen LogP contribution in [0.1, 0.15) is 52.9 Å². The van der Waals surface area contributed by atoms with Gasteiger partial charge >= 0.3 is 5.97 Å². The predicted molar refractivity (Wildman–Crippen MR) is 69.1 cm³/mol. The zero-order chi connectivity index (χ0) is 14.0. The fraction of sp³-hybridized carbons (Fsp3) is 0.846. The number of carbonyl (C=O) groups excluding carboxylic acids is 1. The van der Waals surface area contributed by atoms with Crippen LogP contribution in [0.25, 0.3) is 0 Å². The van der Waals surface area contributed by atoms with E-state index in [1.165, 1.54) is 4.90 Å². The van der Waals surface area contributed by atoms with Crippen molar-refractivity contribution >= 4 is 11.9 Å². The van der Waals surface area contributed by atoms with Crippen LogP contribution < -0.4 is 5.73 Å². The van der Waals surface area contributed by atoms with Crippen LogP contribution >= 0.6 is 0 Å². The van der Waals surface area contributed by atoms with Gasteiger partial charge in [0, 0.05) is 18.5 Å². The van der Waals surface area contributed by atoms with Crippen LogP contribution in [-0.2, 0) is 9.59 Å². The Kier molecular flexibility index (Phi) is 4.37. The smallest absolute Gasteiger partial charge is 0.329 e. The van der Waals surface area contributed by atoms with Gasteiger partial charge < -0.3 is 15.7 Å². The second-order valence-electron chi connectivity index (χ2n) is 6.07. The van der Waals surface area contributed by atoms with Gasteiger partial charge in [-0.3, -0.25) is 4.79 Å². The Morgan fingerprint density at radius 1 is 1.39 bits per heavy atom. The molecule has 1 unspecified atom stereocenters. The molecule has 5 nitrogen and oxygen atoms in total. The number of carboxylic acid groups (broad SMARTS) is 1. The molecule has 18 heavy (non-hydrogen) atoms. The van der Waals surface area contributed by atoms with Crippen LogP contribution in [0, 0.1) is 0 Å². The highest BCUT2D eigenvalue weighted by atomic mass is 16.4. The first-order valence-corrected chi connectivity index (χ1v) is 6.49. The molecule has 0 aromatic carbocycles. The molecule has 5 heteroatoms. The summed E-state index contributed by atoms with van der Waals surface area (Å²) < 4.78 is 0. The van der Waals surface area contributed by atoms with Crippen molar-refractivity contribution in [1.29, 1.82) is 0 Å². The van der Waals surface area contributed by atoms with Crippen molar-refractivity contribution < 1.29 is 14.7 Å². The van der Waals surface area contributed by atoms with Gasteiger partial charge in [0.05, 0.1) is 0 Å². The number of hydrogen-bond donors (Lipinski definition) is 2. The van der Waals surface area contributed by atoms with Crippen molar-refractivity contribution in [3.63, 3.8) is 0 Å². The minimum absolute atomic E-state index is 0.0990. The maximum atomic E-state index is 12.2. The van der Waals surface area contributed by atoms with E-state index < -0.39 is 17.0 Å². The molecule has 0 spiro atoms. The molecule has 1 amide bonds. The van der Waals surface area contributed by atoms with E-state index in [0.29, 0.717) is 25.8 Å². The summed E-state index contributed by atoms with van der Waals surface area (Å²) in [6.45, 7) is 5.91. The van der Waals surface area contributed by atoms with Gasteiger partial charge in [0.2, 0.25) is 5.91 Å². The van der Waals surface area contributed by atoms with E-state index in [-0.39, 0.29) is 5.91 Å². The average Bonchev–Trinajstić information content (AvgIpc) is 2.25. The maximum Gasteiger partial charge on any atom is 0.329 e. The molecule has 104 valence electrons. The summed E-state index contributed by atoms with van der Waals surface area (Å²) in [5.74, 6) is -1.01. The van der Waals surface area contributed by atoms with E-state index >= 15 is 0 Å². The zero-order valence-corrected chi connectivity index (χ0v) is 11.5. The quantitative estimate of drug-likeness (QED) is 0.795. The summed E-state index contributed by atoms with van der Waals surface area (Å²) >= 11 is 0. The minimum atomic E-state index is -1.05. The summed E-state index contributed by atoms with van der Waals surface area (Å²) in [6, 6.07) is 0. The number of carboxylic acids is 1. The summed E-state index contributed by atoms with van der Waals surface area (Å²) in [4.78, 5) is 25.1. The second kappa shape index (κ2) is 5.26. The average molecular weight is 256 g/mol. The topological polar surface area (TPSA) is 83.6 Å². The van der Waals surface area contributed by atoms with Gasteiger partial charge in [-0.2, -0.15) is 0 Å². The molecule has 0 aromatic rings. The van der Waals surface area contributed by atoms with E-state index in [0.717, 1.165) is 12.8 Å². The van der Waals surface area contributed by atoms with Crippen molar-refractivity contribution in [2.24, 2.45) is 5.73 Å². The third-order valence-corrected chi connectivity index (χ3v) is 3.64.